The molecule has 0 spiro atoms. The van der Waals surface area contributed by atoms with Gasteiger partial charge >= 0.3 is 0 Å². The van der Waals surface area contributed by atoms with Gasteiger partial charge in [-0.3, -0.25) is 0 Å². The van der Waals surface area contributed by atoms with E-state index in [1.54, 1.807) is 18.5 Å². The molecule has 0 saturated carbocycles. The summed E-state index contributed by atoms with van der Waals surface area (Å²) in [5.41, 5.74) is 0. The number of hydrogen-bond acceptors (Lipinski definition) is 3. The number of halogens is 1. The highest BCUT2D eigenvalue weighted by molar-refractivity contribution is 9.10. The number of ether oxygens (including phenoxy) is 1. The lowest BCUT2D eigenvalue weighted by atomic mass is 10.5. The van der Waals surface area contributed by atoms with Crippen molar-refractivity contribution in [1.82, 2.24) is 4.98 Å². The molecule has 0 aliphatic rings. The number of nitrogens with zero attached hydrogens (tertiary/aromatic N) is 1. The predicted octanol–water partition coefficient (Wildman–Crippen LogP) is 1.59. The van der Waals surface area contributed by atoms with Crippen LogP contribution >= 0.6 is 15.9 Å². The van der Waals surface area contributed by atoms with Crippen LogP contribution in [-0.4, -0.2) is 22.9 Å². The first-order chi connectivity index (χ1) is 5.65. The molecule has 66 valence electrons. The zero-order valence-corrected chi connectivity index (χ0v) is 9.11. The fourth-order valence-electron chi connectivity index (χ4n) is 0.770. The van der Waals surface area contributed by atoms with E-state index < -0.39 is 11.2 Å². The van der Waals surface area contributed by atoms with Gasteiger partial charge in [-0.1, -0.05) is 0 Å². The number of hydrogen-bond donors (Lipinski definition) is 0. The van der Waals surface area contributed by atoms with Crippen molar-refractivity contribution in [2.45, 2.75) is 5.03 Å². The maximum atomic E-state index is 11.1. The van der Waals surface area contributed by atoms with Gasteiger partial charge in [0.05, 0.1) is 7.11 Å². The molecular weight excluding hydrogens is 242 g/mol. The zero-order chi connectivity index (χ0) is 9.14. The van der Waals surface area contributed by atoms with Crippen LogP contribution in [0.2, 0.25) is 0 Å². The van der Waals surface area contributed by atoms with Crippen molar-refractivity contribution < 1.29 is 9.29 Å². The minimum atomic E-state index is -1.11. The summed E-state index contributed by atoms with van der Waals surface area (Å²) < 4.78 is 16.9. The first-order valence-corrected chi connectivity index (χ1v) is 5.53. The van der Waals surface area contributed by atoms with Crippen LogP contribution in [0, 0.1) is 0 Å². The summed E-state index contributed by atoms with van der Waals surface area (Å²) in [6, 6.07) is 1.74. The monoisotopic (exact) mass is 249 g/mol. The van der Waals surface area contributed by atoms with E-state index in [-0.39, 0.29) is 0 Å². The van der Waals surface area contributed by atoms with Gasteiger partial charge in [0.2, 0.25) is 0 Å². The van der Waals surface area contributed by atoms with Crippen LogP contribution < -0.4 is 4.74 Å². The number of pyridine rings is 1. The van der Waals surface area contributed by atoms with Crippen molar-refractivity contribution in [1.29, 1.82) is 0 Å². The SMILES string of the molecule is COc1cc(Br)cnc1[S+](C)[O-]. The van der Waals surface area contributed by atoms with Crippen LogP contribution in [0.1, 0.15) is 0 Å². The molecule has 1 aromatic heterocycles. The Labute approximate surface area is 82.5 Å². The Bertz CT molecular complexity index is 280. The maximum Gasteiger partial charge on any atom is 0.286 e. The molecule has 0 aromatic carbocycles. The van der Waals surface area contributed by atoms with Crippen LogP contribution in [0.25, 0.3) is 0 Å². The minimum Gasteiger partial charge on any atom is -0.610 e. The summed E-state index contributed by atoms with van der Waals surface area (Å²) in [6.45, 7) is 0. The molecule has 1 aromatic rings. The first-order valence-electron chi connectivity index (χ1n) is 3.18. The van der Waals surface area contributed by atoms with Crippen molar-refractivity contribution in [2.75, 3.05) is 13.4 Å². The van der Waals surface area contributed by atoms with Crippen LogP contribution in [-0.2, 0) is 11.2 Å². The molecule has 0 bridgehead atoms. The van der Waals surface area contributed by atoms with E-state index in [4.69, 9.17) is 4.74 Å². The second-order valence-electron chi connectivity index (χ2n) is 2.12. The molecule has 0 fully saturated rings. The van der Waals surface area contributed by atoms with Gasteiger partial charge in [0.15, 0.2) is 5.75 Å². The average molecular weight is 250 g/mol. The van der Waals surface area contributed by atoms with Crippen molar-refractivity contribution >= 4 is 27.1 Å². The van der Waals surface area contributed by atoms with E-state index >= 15 is 0 Å². The highest BCUT2D eigenvalue weighted by Crippen LogP contribution is 2.24. The highest BCUT2D eigenvalue weighted by Gasteiger charge is 2.14. The number of methoxy groups -OCH3 is 1. The fourth-order valence-corrected chi connectivity index (χ4v) is 1.71. The van der Waals surface area contributed by atoms with Gasteiger partial charge in [-0.25, -0.2) is 4.98 Å². The van der Waals surface area contributed by atoms with Crippen LogP contribution in [0.5, 0.6) is 5.75 Å². The summed E-state index contributed by atoms with van der Waals surface area (Å²) in [5.74, 6) is 0.546. The lowest BCUT2D eigenvalue weighted by Crippen LogP contribution is -2.03. The van der Waals surface area contributed by atoms with Gasteiger partial charge in [-0.15, -0.1) is 0 Å². The topological polar surface area (TPSA) is 45.2 Å². The molecule has 0 saturated heterocycles. The molecule has 0 aliphatic heterocycles. The van der Waals surface area contributed by atoms with Gasteiger partial charge in [0.1, 0.15) is 6.26 Å². The van der Waals surface area contributed by atoms with E-state index in [1.807, 2.05) is 0 Å². The molecule has 1 atom stereocenters. The minimum absolute atomic E-state index is 0.473. The van der Waals surface area contributed by atoms with E-state index in [2.05, 4.69) is 20.9 Å². The molecular formula is C7H8BrNO2S. The van der Waals surface area contributed by atoms with Gasteiger partial charge in [-0.05, 0) is 15.9 Å². The van der Waals surface area contributed by atoms with E-state index in [0.717, 1.165) is 4.47 Å². The van der Waals surface area contributed by atoms with Crippen molar-refractivity contribution in [3.63, 3.8) is 0 Å². The van der Waals surface area contributed by atoms with E-state index in [0.29, 0.717) is 10.8 Å². The quantitative estimate of drug-likeness (QED) is 0.749. The molecule has 0 amide bonds. The Morgan fingerprint density at radius 3 is 2.83 bits per heavy atom. The summed E-state index contributed by atoms with van der Waals surface area (Å²) >= 11 is 2.14. The Morgan fingerprint density at radius 1 is 1.67 bits per heavy atom. The molecule has 1 heterocycles. The molecule has 3 nitrogen and oxygen atoms in total. The third-order valence-corrected chi connectivity index (χ3v) is 2.56. The van der Waals surface area contributed by atoms with Crippen molar-refractivity contribution in [2.24, 2.45) is 0 Å². The van der Waals surface area contributed by atoms with E-state index in [9.17, 15) is 4.55 Å². The molecule has 0 aliphatic carbocycles. The molecule has 0 radical (unpaired) electrons. The molecule has 1 unspecified atom stereocenters. The summed E-state index contributed by atoms with van der Waals surface area (Å²) in [5, 5.41) is 0.473. The highest BCUT2D eigenvalue weighted by atomic mass is 79.9. The van der Waals surface area contributed by atoms with Crippen LogP contribution in [0.4, 0.5) is 0 Å². The largest absolute Gasteiger partial charge is 0.610 e. The lowest BCUT2D eigenvalue weighted by Gasteiger charge is -2.07. The summed E-state index contributed by atoms with van der Waals surface area (Å²) in [6.07, 6.45) is 3.16. The Balaban J connectivity index is 3.11. The molecule has 0 N–H and O–H groups in total. The first kappa shape index (κ1) is 9.83. The Morgan fingerprint density at radius 2 is 2.33 bits per heavy atom. The molecule has 1 rings (SSSR count). The smallest absolute Gasteiger partial charge is 0.286 e. The predicted molar refractivity (Wildman–Crippen MR) is 50.8 cm³/mol. The van der Waals surface area contributed by atoms with Gasteiger partial charge < -0.3 is 9.29 Å². The fraction of sp³-hybridized carbons (Fsp3) is 0.286. The van der Waals surface area contributed by atoms with Crippen molar-refractivity contribution in [3.8, 4) is 5.75 Å². The zero-order valence-electron chi connectivity index (χ0n) is 6.70. The van der Waals surface area contributed by atoms with Crippen LogP contribution in [0.3, 0.4) is 0 Å². The Kier molecular flexibility index (Phi) is 3.37. The third kappa shape index (κ3) is 2.12. The third-order valence-electron chi connectivity index (χ3n) is 1.28. The number of aromatic nitrogens is 1. The summed E-state index contributed by atoms with van der Waals surface area (Å²) in [4.78, 5) is 3.98. The normalized spacial score (nSPS) is 12.7. The Hall–Kier alpha value is -0.260. The standard InChI is InChI=1S/C7H8BrNO2S/c1-11-6-3-5(8)4-9-7(6)12(2)10/h3-4H,1-2H3. The second-order valence-corrected chi connectivity index (χ2v) is 4.33. The van der Waals surface area contributed by atoms with Gasteiger partial charge in [-0.2, -0.15) is 0 Å². The van der Waals surface area contributed by atoms with Crippen molar-refractivity contribution in [3.05, 3.63) is 16.7 Å². The second kappa shape index (κ2) is 4.11. The molecule has 12 heavy (non-hydrogen) atoms. The average Bonchev–Trinajstić information content (AvgIpc) is 2.03. The van der Waals surface area contributed by atoms with Gasteiger partial charge in [0, 0.05) is 27.9 Å². The van der Waals surface area contributed by atoms with Crippen LogP contribution in [0.15, 0.2) is 21.8 Å². The lowest BCUT2D eigenvalue weighted by molar-refractivity contribution is 0.398. The number of rotatable bonds is 2. The molecule has 5 heteroatoms. The van der Waals surface area contributed by atoms with Gasteiger partial charge in [0.25, 0.3) is 5.03 Å². The maximum absolute atomic E-state index is 11.1. The van der Waals surface area contributed by atoms with E-state index in [1.165, 1.54) is 7.11 Å². The summed E-state index contributed by atoms with van der Waals surface area (Å²) in [7, 11) is 1.53.